The van der Waals surface area contributed by atoms with E-state index in [4.69, 9.17) is 6.42 Å². The Kier molecular flexibility index (Phi) is 5.67. The molecule has 7 heteroatoms. The van der Waals surface area contributed by atoms with Crippen molar-refractivity contribution in [2.75, 3.05) is 6.54 Å². The lowest BCUT2D eigenvalue weighted by Gasteiger charge is -2.18. The van der Waals surface area contributed by atoms with Crippen LogP contribution < -0.4 is 0 Å². The summed E-state index contributed by atoms with van der Waals surface area (Å²) in [4.78, 5) is 12.1. The molecule has 0 bridgehead atoms. The maximum Gasteiger partial charge on any atom is 0.267 e. The van der Waals surface area contributed by atoms with E-state index >= 15 is 0 Å². The number of hydrogen-bond acceptors (Lipinski definition) is 3. The predicted molar refractivity (Wildman–Crippen MR) is 89.6 cm³/mol. The maximum absolute atomic E-state index is 13.6. The number of hydrogen-bond donors (Lipinski definition) is 0. The van der Waals surface area contributed by atoms with Crippen molar-refractivity contribution >= 4 is 22.0 Å². The van der Waals surface area contributed by atoms with Crippen LogP contribution in [0, 0.1) is 24.0 Å². The second kappa shape index (κ2) is 7.73. The standard InChI is InChI=1S/C18H13F2NO3S/c1-2-13-21(25(23,24)14-7-4-3-5-8-14)18(22)12-11-15-16(19)9-6-10-17(15)20/h1,3-12H,13H2. The fraction of sp³-hybridized carbons (Fsp3) is 0.0556. The summed E-state index contributed by atoms with van der Waals surface area (Å²) in [5, 5.41) is 0. The highest BCUT2D eigenvalue weighted by atomic mass is 32.2. The van der Waals surface area contributed by atoms with Crippen LogP contribution in [0.3, 0.4) is 0 Å². The van der Waals surface area contributed by atoms with E-state index in [0.717, 1.165) is 24.3 Å². The zero-order valence-electron chi connectivity index (χ0n) is 12.9. The molecule has 25 heavy (non-hydrogen) atoms. The van der Waals surface area contributed by atoms with Gasteiger partial charge in [0.05, 0.1) is 11.4 Å². The van der Waals surface area contributed by atoms with Crippen LogP contribution in [0.1, 0.15) is 5.56 Å². The lowest BCUT2D eigenvalue weighted by Crippen LogP contribution is -2.36. The second-order valence-corrected chi connectivity index (χ2v) is 6.70. The Morgan fingerprint density at radius 3 is 2.24 bits per heavy atom. The molecule has 0 fully saturated rings. The largest absolute Gasteiger partial charge is 0.269 e. The van der Waals surface area contributed by atoms with Gasteiger partial charge in [-0.05, 0) is 30.3 Å². The summed E-state index contributed by atoms with van der Waals surface area (Å²) in [6, 6.07) is 10.5. The first-order chi connectivity index (χ1) is 11.9. The van der Waals surface area contributed by atoms with Crippen LogP contribution in [-0.2, 0) is 14.8 Å². The molecule has 0 heterocycles. The van der Waals surface area contributed by atoms with Crippen LogP contribution in [0.5, 0.6) is 0 Å². The number of nitrogens with zero attached hydrogens (tertiary/aromatic N) is 1. The minimum absolute atomic E-state index is 0.121. The van der Waals surface area contributed by atoms with Crippen LogP contribution in [0.15, 0.2) is 59.5 Å². The highest BCUT2D eigenvalue weighted by molar-refractivity contribution is 7.89. The summed E-state index contributed by atoms with van der Waals surface area (Å²) >= 11 is 0. The zero-order chi connectivity index (χ0) is 18.4. The van der Waals surface area contributed by atoms with Gasteiger partial charge in [-0.3, -0.25) is 4.79 Å². The Morgan fingerprint density at radius 1 is 1.08 bits per heavy atom. The van der Waals surface area contributed by atoms with Gasteiger partial charge >= 0.3 is 0 Å². The fourth-order valence-electron chi connectivity index (χ4n) is 1.99. The molecule has 2 aromatic rings. The predicted octanol–water partition coefficient (Wildman–Crippen LogP) is 2.83. The fourth-order valence-corrected chi connectivity index (χ4v) is 3.29. The van der Waals surface area contributed by atoms with Gasteiger partial charge in [0.1, 0.15) is 11.6 Å². The van der Waals surface area contributed by atoms with Crippen molar-refractivity contribution < 1.29 is 22.0 Å². The molecule has 0 unspecified atom stereocenters. The summed E-state index contributed by atoms with van der Waals surface area (Å²) in [5.41, 5.74) is -0.450. The molecule has 0 aliphatic rings. The third kappa shape index (κ3) is 4.11. The van der Waals surface area contributed by atoms with Crippen molar-refractivity contribution in [1.29, 1.82) is 0 Å². The number of rotatable bonds is 5. The summed E-state index contributed by atoms with van der Waals surface area (Å²) in [6.07, 6.45) is 6.78. The van der Waals surface area contributed by atoms with E-state index in [2.05, 4.69) is 5.92 Å². The van der Waals surface area contributed by atoms with Crippen LogP contribution in [0.25, 0.3) is 6.08 Å². The van der Waals surface area contributed by atoms with Gasteiger partial charge in [-0.15, -0.1) is 6.42 Å². The summed E-state index contributed by atoms with van der Waals surface area (Å²) in [7, 11) is -4.18. The molecule has 0 aliphatic carbocycles. The Labute approximate surface area is 144 Å². The first kappa shape index (κ1) is 18.4. The number of benzene rings is 2. The van der Waals surface area contributed by atoms with Gasteiger partial charge in [-0.2, -0.15) is 0 Å². The SMILES string of the molecule is C#CCN(C(=O)C=Cc1c(F)cccc1F)S(=O)(=O)c1ccccc1. The van der Waals surface area contributed by atoms with Crippen molar-refractivity contribution in [2.24, 2.45) is 0 Å². The minimum Gasteiger partial charge on any atom is -0.269 e. The Morgan fingerprint density at radius 2 is 1.68 bits per heavy atom. The van der Waals surface area contributed by atoms with Gasteiger partial charge in [0.25, 0.3) is 15.9 Å². The number of amides is 1. The molecular weight excluding hydrogens is 348 g/mol. The second-order valence-electron chi connectivity index (χ2n) is 4.84. The van der Waals surface area contributed by atoms with Crippen molar-refractivity contribution in [2.45, 2.75) is 4.90 Å². The molecule has 0 N–H and O–H groups in total. The number of halogens is 2. The number of terminal acetylenes is 1. The quantitative estimate of drug-likeness (QED) is 0.608. The summed E-state index contributed by atoms with van der Waals surface area (Å²) in [5.74, 6) is -0.673. The molecule has 2 rings (SSSR count). The van der Waals surface area contributed by atoms with Gasteiger partial charge < -0.3 is 0 Å². The van der Waals surface area contributed by atoms with Gasteiger partial charge in [0.15, 0.2) is 0 Å². The van der Waals surface area contributed by atoms with E-state index in [1.165, 1.54) is 30.3 Å². The molecule has 1 amide bonds. The number of carbonyl (C=O) groups is 1. The van der Waals surface area contributed by atoms with E-state index in [1.54, 1.807) is 6.07 Å². The highest BCUT2D eigenvalue weighted by Gasteiger charge is 2.27. The van der Waals surface area contributed by atoms with Crippen LogP contribution in [0.4, 0.5) is 8.78 Å². The molecule has 0 radical (unpaired) electrons. The molecular formula is C18H13F2NO3S. The van der Waals surface area contributed by atoms with E-state index < -0.39 is 39.7 Å². The van der Waals surface area contributed by atoms with E-state index in [0.29, 0.717) is 4.31 Å². The molecule has 0 spiro atoms. The van der Waals surface area contributed by atoms with E-state index in [-0.39, 0.29) is 4.90 Å². The molecule has 0 aromatic heterocycles. The third-order valence-electron chi connectivity index (χ3n) is 3.20. The lowest BCUT2D eigenvalue weighted by atomic mass is 10.2. The maximum atomic E-state index is 13.6. The van der Waals surface area contributed by atoms with Crippen molar-refractivity contribution in [3.8, 4) is 12.3 Å². The minimum atomic E-state index is -4.18. The summed E-state index contributed by atoms with van der Waals surface area (Å²) in [6.45, 7) is -0.514. The van der Waals surface area contributed by atoms with E-state index in [1.807, 2.05) is 0 Å². The van der Waals surface area contributed by atoms with Crippen molar-refractivity contribution in [3.05, 3.63) is 71.8 Å². The first-order valence-corrected chi connectivity index (χ1v) is 8.49. The monoisotopic (exact) mass is 361 g/mol. The average Bonchev–Trinajstić information content (AvgIpc) is 2.59. The summed E-state index contributed by atoms with van der Waals surface area (Å²) < 4.78 is 52.7. The Balaban J connectivity index is 2.36. The third-order valence-corrected chi connectivity index (χ3v) is 4.96. The smallest absolute Gasteiger partial charge is 0.267 e. The van der Waals surface area contributed by atoms with E-state index in [9.17, 15) is 22.0 Å². The molecule has 128 valence electrons. The normalized spacial score (nSPS) is 11.2. The Hall–Kier alpha value is -2.98. The van der Waals surface area contributed by atoms with Crippen molar-refractivity contribution in [3.63, 3.8) is 0 Å². The lowest BCUT2D eigenvalue weighted by molar-refractivity contribution is -0.121. The highest BCUT2D eigenvalue weighted by Crippen LogP contribution is 2.17. The first-order valence-electron chi connectivity index (χ1n) is 7.05. The Bertz CT molecular complexity index is 928. The molecule has 0 aliphatic heterocycles. The molecule has 4 nitrogen and oxygen atoms in total. The average molecular weight is 361 g/mol. The van der Waals surface area contributed by atoms with Crippen LogP contribution in [0.2, 0.25) is 0 Å². The van der Waals surface area contributed by atoms with Gasteiger partial charge in [0.2, 0.25) is 0 Å². The number of sulfonamides is 1. The number of carbonyl (C=O) groups excluding carboxylic acids is 1. The van der Waals surface area contributed by atoms with Crippen LogP contribution in [-0.4, -0.2) is 25.2 Å². The van der Waals surface area contributed by atoms with Gasteiger partial charge in [0, 0.05) is 11.6 Å². The molecule has 0 saturated heterocycles. The topological polar surface area (TPSA) is 54.5 Å². The zero-order valence-corrected chi connectivity index (χ0v) is 13.7. The van der Waals surface area contributed by atoms with Gasteiger partial charge in [-0.25, -0.2) is 21.5 Å². The molecule has 2 aromatic carbocycles. The van der Waals surface area contributed by atoms with Crippen LogP contribution >= 0.6 is 0 Å². The van der Waals surface area contributed by atoms with Gasteiger partial charge in [-0.1, -0.05) is 30.2 Å². The molecule has 0 saturated carbocycles. The molecule has 0 atom stereocenters. The van der Waals surface area contributed by atoms with Crippen molar-refractivity contribution in [1.82, 2.24) is 4.31 Å².